The van der Waals surface area contributed by atoms with Crippen molar-refractivity contribution in [2.75, 3.05) is 6.54 Å². The van der Waals surface area contributed by atoms with Crippen LogP contribution < -0.4 is 11.1 Å². The minimum absolute atomic E-state index is 0.188. The predicted octanol–water partition coefficient (Wildman–Crippen LogP) is -0.512. The second-order valence-electron chi connectivity index (χ2n) is 1.69. The number of nitrogens with one attached hydrogen (secondary N) is 2. The van der Waals surface area contributed by atoms with Crippen molar-refractivity contribution in [1.29, 1.82) is 0 Å². The average Bonchev–Trinajstić information content (AvgIpc) is 1.85. The normalized spacial score (nSPS) is 8.40. The molecule has 0 spiro atoms. The lowest BCUT2D eigenvalue weighted by Crippen LogP contribution is -2.29. The van der Waals surface area contributed by atoms with E-state index in [2.05, 4.69) is 11.9 Å². The Labute approximate surface area is 59.1 Å². The molecule has 10 heavy (non-hydrogen) atoms. The highest BCUT2D eigenvalue weighted by Crippen LogP contribution is 1.77. The molecule has 55 valence electrons. The first-order valence-corrected chi connectivity index (χ1v) is 2.79. The molecule has 0 atom stereocenters. The highest BCUT2D eigenvalue weighted by molar-refractivity contribution is 5.83. The molecule has 0 aliphatic heterocycles. The molecule has 4 nitrogen and oxygen atoms in total. The average molecular weight is 141 g/mol. The van der Waals surface area contributed by atoms with Gasteiger partial charge in [-0.15, -0.1) is 6.58 Å². The van der Waals surface area contributed by atoms with Crippen LogP contribution in [0.15, 0.2) is 12.7 Å². The monoisotopic (exact) mass is 141 g/mol. The van der Waals surface area contributed by atoms with Gasteiger partial charge in [0.15, 0.2) is 0 Å². The first kappa shape index (κ1) is 8.68. The number of hydrogen-bond donors (Lipinski definition) is 1. The lowest BCUT2D eigenvalue weighted by molar-refractivity contribution is -0.124. The van der Waals surface area contributed by atoms with Gasteiger partial charge >= 0.3 is 0 Å². The van der Waals surface area contributed by atoms with Crippen molar-refractivity contribution >= 4 is 11.8 Å². The topological polar surface area (TPSA) is 70.0 Å². The van der Waals surface area contributed by atoms with Crippen LogP contribution in [0.2, 0.25) is 0 Å². The highest BCUT2D eigenvalue weighted by Gasteiger charge is 1.98. The zero-order chi connectivity index (χ0) is 7.98. The zero-order valence-corrected chi connectivity index (χ0v) is 5.52. The van der Waals surface area contributed by atoms with Crippen LogP contribution in [0.1, 0.15) is 6.42 Å². The van der Waals surface area contributed by atoms with E-state index in [9.17, 15) is 9.59 Å². The Morgan fingerprint density at radius 3 is 2.60 bits per heavy atom. The summed E-state index contributed by atoms with van der Waals surface area (Å²) in [4.78, 5) is 20.5. The van der Waals surface area contributed by atoms with E-state index in [-0.39, 0.29) is 18.9 Å². The third-order valence-electron chi connectivity index (χ3n) is 0.776. The van der Waals surface area contributed by atoms with Gasteiger partial charge in [0.05, 0.1) is 6.54 Å². The zero-order valence-electron chi connectivity index (χ0n) is 5.52. The van der Waals surface area contributed by atoms with Gasteiger partial charge in [-0.3, -0.25) is 15.3 Å². The number of hydrogen-bond acceptors (Lipinski definition) is 2. The Bertz CT molecular complexity index is 154. The Morgan fingerprint density at radius 2 is 2.20 bits per heavy atom. The van der Waals surface area contributed by atoms with E-state index >= 15 is 0 Å². The molecule has 2 N–H and O–H groups in total. The summed E-state index contributed by atoms with van der Waals surface area (Å²) in [5.41, 5.74) is 6.42. The lowest BCUT2D eigenvalue weighted by Gasteiger charge is -1.96. The molecule has 0 saturated carbocycles. The molecule has 4 heteroatoms. The summed E-state index contributed by atoms with van der Waals surface area (Å²) in [6.07, 6.45) is 1.62. The Morgan fingerprint density at radius 1 is 1.60 bits per heavy atom. The van der Waals surface area contributed by atoms with E-state index in [1.165, 1.54) is 6.08 Å². The van der Waals surface area contributed by atoms with Crippen LogP contribution in [0.4, 0.5) is 0 Å². The fourth-order valence-electron chi connectivity index (χ4n) is 0.382. The quantitative estimate of drug-likeness (QED) is 0.535. The molecule has 0 bridgehead atoms. The van der Waals surface area contributed by atoms with Crippen LogP contribution in [0.3, 0.4) is 0 Å². The van der Waals surface area contributed by atoms with Crippen LogP contribution in [0.25, 0.3) is 0 Å². The van der Waals surface area contributed by atoms with Gasteiger partial charge in [-0.05, 0) is 0 Å². The Hall–Kier alpha value is -1.32. The summed E-state index contributed by atoms with van der Waals surface area (Å²) in [7, 11) is 0. The summed E-state index contributed by atoms with van der Waals surface area (Å²) >= 11 is 0. The van der Waals surface area contributed by atoms with Crippen molar-refractivity contribution < 1.29 is 9.59 Å². The van der Waals surface area contributed by atoms with E-state index in [4.69, 9.17) is 5.73 Å². The summed E-state index contributed by atoms with van der Waals surface area (Å²) in [5.74, 6) is -1.08. The summed E-state index contributed by atoms with van der Waals surface area (Å²) in [6, 6.07) is 0. The van der Waals surface area contributed by atoms with E-state index in [0.29, 0.717) is 0 Å². The van der Waals surface area contributed by atoms with Crippen molar-refractivity contribution in [2.24, 2.45) is 0 Å². The van der Waals surface area contributed by atoms with Crippen LogP contribution in [-0.2, 0) is 9.59 Å². The van der Waals surface area contributed by atoms with Crippen LogP contribution >= 0.6 is 0 Å². The van der Waals surface area contributed by atoms with Gasteiger partial charge in [0.2, 0.25) is 5.91 Å². The van der Waals surface area contributed by atoms with E-state index in [1.807, 2.05) is 0 Å². The predicted molar refractivity (Wildman–Crippen MR) is 35.9 cm³/mol. The molecular weight excluding hydrogens is 132 g/mol. The van der Waals surface area contributed by atoms with Crippen molar-refractivity contribution in [3.8, 4) is 0 Å². The van der Waals surface area contributed by atoms with Gasteiger partial charge in [-0.2, -0.15) is 0 Å². The number of carbonyl (C=O) groups is 2. The SMILES string of the molecule is C=CCC(=O)NCC([NH])=O. The lowest BCUT2D eigenvalue weighted by atomic mass is 10.4. The molecule has 0 rings (SSSR count). The van der Waals surface area contributed by atoms with E-state index in [0.717, 1.165) is 0 Å². The molecule has 0 aromatic heterocycles. The van der Waals surface area contributed by atoms with Crippen molar-refractivity contribution in [1.82, 2.24) is 11.1 Å². The van der Waals surface area contributed by atoms with Gasteiger partial charge in [0.1, 0.15) is 0 Å². The van der Waals surface area contributed by atoms with Crippen molar-refractivity contribution in [3.63, 3.8) is 0 Å². The molecule has 0 unspecified atom stereocenters. The fraction of sp³-hybridized carbons (Fsp3) is 0.333. The van der Waals surface area contributed by atoms with Crippen LogP contribution in [0.5, 0.6) is 0 Å². The van der Waals surface area contributed by atoms with Gasteiger partial charge in [-0.1, -0.05) is 6.08 Å². The molecule has 0 aliphatic rings. The second-order valence-corrected chi connectivity index (χ2v) is 1.69. The van der Waals surface area contributed by atoms with Crippen molar-refractivity contribution in [3.05, 3.63) is 12.7 Å². The molecule has 1 radical (unpaired) electrons. The third-order valence-corrected chi connectivity index (χ3v) is 0.776. The van der Waals surface area contributed by atoms with Gasteiger partial charge in [0.25, 0.3) is 5.91 Å². The number of amides is 2. The van der Waals surface area contributed by atoms with Crippen LogP contribution in [-0.4, -0.2) is 18.4 Å². The van der Waals surface area contributed by atoms with Gasteiger partial charge in [0, 0.05) is 6.42 Å². The largest absolute Gasteiger partial charge is 0.347 e. The first-order chi connectivity index (χ1) is 4.66. The number of carbonyl (C=O) groups excluding carboxylic acids is 2. The maximum absolute atomic E-state index is 10.5. The van der Waals surface area contributed by atoms with Crippen LogP contribution in [0, 0.1) is 0 Å². The maximum atomic E-state index is 10.5. The van der Waals surface area contributed by atoms with E-state index < -0.39 is 5.91 Å². The molecule has 0 aromatic rings. The molecule has 0 heterocycles. The standard InChI is InChI=1S/C6H9N2O2/c1-2-3-6(10)8-4-5(7)9/h2,7H,1,3-4H2,(H,8,10). The minimum atomic E-state index is -0.794. The van der Waals surface area contributed by atoms with Gasteiger partial charge < -0.3 is 5.32 Å². The highest BCUT2D eigenvalue weighted by atomic mass is 16.2. The third kappa shape index (κ3) is 4.83. The smallest absolute Gasteiger partial charge is 0.257 e. The first-order valence-electron chi connectivity index (χ1n) is 2.79. The second kappa shape index (κ2) is 4.55. The molecule has 0 fully saturated rings. The summed E-state index contributed by atoms with van der Waals surface area (Å²) in [6.45, 7) is 3.12. The van der Waals surface area contributed by atoms with Crippen molar-refractivity contribution in [2.45, 2.75) is 6.42 Å². The summed E-state index contributed by atoms with van der Waals surface area (Å²) < 4.78 is 0. The molecule has 0 aromatic carbocycles. The molecule has 0 aliphatic carbocycles. The molecular formula is C6H9N2O2. The Balaban J connectivity index is 3.39. The molecule has 0 saturated heterocycles. The summed E-state index contributed by atoms with van der Waals surface area (Å²) in [5, 5.41) is 2.24. The molecule has 2 amide bonds. The Kier molecular flexibility index (Phi) is 3.95. The maximum Gasteiger partial charge on any atom is 0.257 e. The van der Waals surface area contributed by atoms with Gasteiger partial charge in [-0.25, -0.2) is 0 Å². The fourth-order valence-corrected chi connectivity index (χ4v) is 0.382. The minimum Gasteiger partial charge on any atom is -0.347 e. The number of rotatable bonds is 4. The van der Waals surface area contributed by atoms with E-state index in [1.54, 1.807) is 0 Å².